The van der Waals surface area contributed by atoms with Crippen molar-refractivity contribution in [1.82, 2.24) is 9.80 Å². The van der Waals surface area contributed by atoms with Crippen LogP contribution in [0.4, 0.5) is 10.5 Å². The Hall–Kier alpha value is -3.48. The number of Topliss-reactive ketones (excluding diaryl/α,β-unsaturated/α-hetero) is 1. The molecule has 7 nitrogen and oxygen atoms in total. The largest absolute Gasteiger partial charge is 0.322 e. The second-order valence-corrected chi connectivity index (χ2v) is 6.70. The van der Waals surface area contributed by atoms with E-state index in [1.165, 1.54) is 23.8 Å². The Balaban J connectivity index is 1.68. The molecule has 144 valence electrons. The molecule has 1 saturated heterocycles. The van der Waals surface area contributed by atoms with Crippen molar-refractivity contribution in [2.75, 3.05) is 12.4 Å². The standard InChI is InChI=1S/C21H21N3O4/c1-14(25)16-9-6-10-17(11-16)22-21(28)23(2)18-12-19(26)24(20(18)27)13-15-7-4-3-5-8-15/h3-11,18H,12-13H2,1-2H3,(H,22,28). The number of rotatable bonds is 5. The summed E-state index contributed by atoms with van der Waals surface area (Å²) in [7, 11) is 1.48. The van der Waals surface area contributed by atoms with E-state index in [-0.39, 0.29) is 24.7 Å². The molecule has 1 N–H and O–H groups in total. The Labute approximate surface area is 162 Å². The molecule has 1 unspecified atom stereocenters. The van der Waals surface area contributed by atoms with Gasteiger partial charge in [-0.25, -0.2) is 4.79 Å². The van der Waals surface area contributed by atoms with E-state index >= 15 is 0 Å². The van der Waals surface area contributed by atoms with E-state index < -0.39 is 18.0 Å². The molecule has 1 fully saturated rings. The second-order valence-electron chi connectivity index (χ2n) is 6.70. The third-order valence-electron chi connectivity index (χ3n) is 4.71. The molecule has 0 spiro atoms. The van der Waals surface area contributed by atoms with Crippen LogP contribution in [-0.2, 0) is 16.1 Å². The van der Waals surface area contributed by atoms with E-state index in [1.54, 1.807) is 24.3 Å². The number of amides is 4. The zero-order chi connectivity index (χ0) is 20.3. The van der Waals surface area contributed by atoms with Gasteiger partial charge in [-0.2, -0.15) is 0 Å². The van der Waals surface area contributed by atoms with Gasteiger partial charge in [0.1, 0.15) is 6.04 Å². The van der Waals surface area contributed by atoms with E-state index in [0.717, 1.165) is 5.56 Å². The highest BCUT2D eigenvalue weighted by Gasteiger charge is 2.42. The fourth-order valence-corrected chi connectivity index (χ4v) is 3.07. The Morgan fingerprint density at radius 2 is 1.82 bits per heavy atom. The molecule has 2 aromatic rings. The van der Waals surface area contributed by atoms with Gasteiger partial charge in [-0.1, -0.05) is 42.5 Å². The number of nitrogens with zero attached hydrogens (tertiary/aromatic N) is 2. The van der Waals surface area contributed by atoms with Gasteiger partial charge in [0.25, 0.3) is 5.91 Å². The van der Waals surface area contributed by atoms with Crippen LogP contribution in [-0.4, -0.2) is 46.5 Å². The number of imide groups is 1. The summed E-state index contributed by atoms with van der Waals surface area (Å²) < 4.78 is 0. The van der Waals surface area contributed by atoms with E-state index in [1.807, 2.05) is 30.3 Å². The minimum Gasteiger partial charge on any atom is -0.315 e. The minimum atomic E-state index is -0.854. The third-order valence-corrected chi connectivity index (χ3v) is 4.71. The average molecular weight is 379 g/mol. The molecular formula is C21H21N3O4. The van der Waals surface area contributed by atoms with Crippen LogP contribution in [0.3, 0.4) is 0 Å². The first-order valence-electron chi connectivity index (χ1n) is 8.90. The molecule has 1 aliphatic rings. The van der Waals surface area contributed by atoms with Crippen LogP contribution >= 0.6 is 0 Å². The topological polar surface area (TPSA) is 86.8 Å². The molecule has 4 amide bonds. The number of hydrogen-bond donors (Lipinski definition) is 1. The number of hydrogen-bond acceptors (Lipinski definition) is 4. The predicted molar refractivity (Wildman–Crippen MR) is 104 cm³/mol. The van der Waals surface area contributed by atoms with Gasteiger partial charge in [0.2, 0.25) is 5.91 Å². The van der Waals surface area contributed by atoms with Crippen molar-refractivity contribution in [3.05, 3.63) is 65.7 Å². The van der Waals surface area contributed by atoms with Crippen molar-refractivity contribution < 1.29 is 19.2 Å². The predicted octanol–water partition coefficient (Wildman–Crippen LogP) is 2.68. The maximum atomic E-state index is 12.7. The van der Waals surface area contributed by atoms with Crippen LogP contribution in [0.5, 0.6) is 0 Å². The lowest BCUT2D eigenvalue weighted by molar-refractivity contribution is -0.140. The van der Waals surface area contributed by atoms with Crippen LogP contribution in [0.2, 0.25) is 0 Å². The van der Waals surface area contributed by atoms with Gasteiger partial charge < -0.3 is 10.2 Å². The number of nitrogens with one attached hydrogen (secondary N) is 1. The quantitative estimate of drug-likeness (QED) is 0.639. The lowest BCUT2D eigenvalue weighted by Gasteiger charge is -2.23. The summed E-state index contributed by atoms with van der Waals surface area (Å²) in [5.74, 6) is -0.821. The van der Waals surface area contributed by atoms with Crippen LogP contribution in [0.1, 0.15) is 29.3 Å². The van der Waals surface area contributed by atoms with Crippen molar-refractivity contribution in [2.24, 2.45) is 0 Å². The van der Waals surface area contributed by atoms with Gasteiger partial charge in [0.05, 0.1) is 13.0 Å². The normalized spacial score (nSPS) is 16.2. The SMILES string of the molecule is CC(=O)c1cccc(NC(=O)N(C)C2CC(=O)N(Cc3ccccc3)C2=O)c1. The average Bonchev–Trinajstić information content (AvgIpc) is 2.96. The summed E-state index contributed by atoms with van der Waals surface area (Å²) >= 11 is 0. The van der Waals surface area contributed by atoms with Crippen molar-refractivity contribution in [3.63, 3.8) is 0 Å². The summed E-state index contributed by atoms with van der Waals surface area (Å²) in [6.07, 6.45) is -0.0525. The Morgan fingerprint density at radius 1 is 1.11 bits per heavy atom. The number of carbonyl (C=O) groups is 4. The third kappa shape index (κ3) is 4.09. The zero-order valence-electron chi connectivity index (χ0n) is 15.7. The van der Waals surface area contributed by atoms with Crippen LogP contribution < -0.4 is 5.32 Å². The second kappa shape index (κ2) is 8.04. The highest BCUT2D eigenvalue weighted by atomic mass is 16.2. The molecule has 3 rings (SSSR count). The number of likely N-dealkylation sites (N-methyl/N-ethyl adjacent to an activating group) is 1. The van der Waals surface area contributed by atoms with Gasteiger partial charge in [-0.15, -0.1) is 0 Å². The maximum Gasteiger partial charge on any atom is 0.322 e. The molecule has 1 aliphatic heterocycles. The summed E-state index contributed by atoms with van der Waals surface area (Å²) in [4.78, 5) is 51.4. The lowest BCUT2D eigenvalue weighted by Crippen LogP contribution is -2.44. The van der Waals surface area contributed by atoms with E-state index in [0.29, 0.717) is 11.3 Å². The zero-order valence-corrected chi connectivity index (χ0v) is 15.7. The molecule has 2 aromatic carbocycles. The maximum absolute atomic E-state index is 12.7. The van der Waals surface area contributed by atoms with Crippen LogP contribution in [0, 0.1) is 0 Å². The van der Waals surface area contributed by atoms with Gasteiger partial charge in [0.15, 0.2) is 5.78 Å². The molecule has 28 heavy (non-hydrogen) atoms. The summed E-state index contributed by atoms with van der Waals surface area (Å²) in [5.41, 5.74) is 1.77. The summed E-state index contributed by atoms with van der Waals surface area (Å²) in [6.45, 7) is 1.63. The van der Waals surface area contributed by atoms with E-state index in [4.69, 9.17) is 0 Å². The van der Waals surface area contributed by atoms with Crippen molar-refractivity contribution in [2.45, 2.75) is 25.9 Å². The summed E-state index contributed by atoms with van der Waals surface area (Å²) in [6, 6.07) is 14.4. The molecule has 0 bridgehead atoms. The lowest BCUT2D eigenvalue weighted by atomic mass is 10.1. The highest BCUT2D eigenvalue weighted by molar-refractivity contribution is 6.07. The molecule has 0 saturated carbocycles. The Bertz CT molecular complexity index is 926. The number of likely N-dealkylation sites (tertiary alicyclic amines) is 1. The Kier molecular flexibility index (Phi) is 5.54. The summed E-state index contributed by atoms with van der Waals surface area (Å²) in [5, 5.41) is 2.67. The molecule has 7 heteroatoms. The van der Waals surface area contributed by atoms with Gasteiger partial charge in [-0.3, -0.25) is 19.3 Å². The monoisotopic (exact) mass is 379 g/mol. The van der Waals surface area contributed by atoms with Crippen molar-refractivity contribution >= 4 is 29.3 Å². The van der Waals surface area contributed by atoms with Gasteiger partial charge in [0, 0.05) is 18.3 Å². The Morgan fingerprint density at radius 3 is 2.50 bits per heavy atom. The van der Waals surface area contributed by atoms with Crippen molar-refractivity contribution in [3.8, 4) is 0 Å². The minimum absolute atomic E-state index is 0.0525. The highest BCUT2D eigenvalue weighted by Crippen LogP contribution is 2.21. The molecule has 1 atom stereocenters. The van der Waals surface area contributed by atoms with E-state index in [2.05, 4.69) is 5.32 Å². The smallest absolute Gasteiger partial charge is 0.315 e. The first-order chi connectivity index (χ1) is 13.4. The number of urea groups is 1. The number of benzene rings is 2. The molecule has 0 aromatic heterocycles. The van der Waals surface area contributed by atoms with Crippen LogP contribution in [0.15, 0.2) is 54.6 Å². The number of ketones is 1. The number of anilines is 1. The first-order valence-corrected chi connectivity index (χ1v) is 8.90. The van der Waals surface area contributed by atoms with E-state index in [9.17, 15) is 19.2 Å². The molecule has 0 radical (unpaired) electrons. The molecule has 0 aliphatic carbocycles. The van der Waals surface area contributed by atoms with Gasteiger partial charge >= 0.3 is 6.03 Å². The van der Waals surface area contributed by atoms with Crippen molar-refractivity contribution in [1.29, 1.82) is 0 Å². The van der Waals surface area contributed by atoms with Gasteiger partial charge in [-0.05, 0) is 24.6 Å². The fourth-order valence-electron chi connectivity index (χ4n) is 3.07. The fraction of sp³-hybridized carbons (Fsp3) is 0.238. The molecule has 1 heterocycles. The molecular weight excluding hydrogens is 358 g/mol. The number of carbonyl (C=O) groups excluding carboxylic acids is 4. The first kappa shape index (κ1) is 19.3. The van der Waals surface area contributed by atoms with Crippen LogP contribution in [0.25, 0.3) is 0 Å².